The Hall–Kier alpha value is -3.32. The summed E-state index contributed by atoms with van der Waals surface area (Å²) in [7, 11) is -4.01. The number of hydrogen-bond donors (Lipinski definition) is 1. The second kappa shape index (κ2) is 10.7. The lowest BCUT2D eigenvalue weighted by Gasteiger charge is -2.25. The zero-order valence-electron chi connectivity index (χ0n) is 20.3. The molecule has 0 heterocycles. The molecule has 3 rings (SSSR count). The van der Waals surface area contributed by atoms with Gasteiger partial charge in [-0.05, 0) is 74.2 Å². The third-order valence-electron chi connectivity index (χ3n) is 5.52. The van der Waals surface area contributed by atoms with E-state index in [0.717, 1.165) is 26.7 Å². The molecule has 0 saturated heterocycles. The molecule has 34 heavy (non-hydrogen) atoms. The van der Waals surface area contributed by atoms with E-state index in [-0.39, 0.29) is 17.4 Å². The molecule has 0 radical (unpaired) electrons. The second-order valence-corrected chi connectivity index (χ2v) is 10.4. The van der Waals surface area contributed by atoms with E-state index in [2.05, 4.69) is 19.2 Å². The molecule has 0 aromatic heterocycles. The van der Waals surface area contributed by atoms with E-state index < -0.39 is 15.9 Å². The van der Waals surface area contributed by atoms with Crippen molar-refractivity contribution < 1.29 is 17.9 Å². The highest BCUT2D eigenvalue weighted by atomic mass is 32.2. The van der Waals surface area contributed by atoms with Crippen molar-refractivity contribution in [2.24, 2.45) is 0 Å². The van der Waals surface area contributed by atoms with Crippen molar-refractivity contribution in [3.63, 3.8) is 0 Å². The van der Waals surface area contributed by atoms with Gasteiger partial charge in [-0.2, -0.15) is 0 Å². The minimum absolute atomic E-state index is 0.0862. The molecule has 7 heteroatoms. The summed E-state index contributed by atoms with van der Waals surface area (Å²) in [6.45, 7) is 9.95. The first-order valence-electron chi connectivity index (χ1n) is 11.3. The van der Waals surface area contributed by atoms with Crippen LogP contribution in [0.4, 0.5) is 11.4 Å². The van der Waals surface area contributed by atoms with Gasteiger partial charge in [-0.3, -0.25) is 9.10 Å². The van der Waals surface area contributed by atoms with Crippen LogP contribution in [0.3, 0.4) is 0 Å². The van der Waals surface area contributed by atoms with Crippen molar-refractivity contribution in [3.8, 4) is 5.75 Å². The molecule has 0 unspecified atom stereocenters. The number of rotatable bonds is 9. The van der Waals surface area contributed by atoms with Crippen LogP contribution in [0.5, 0.6) is 5.75 Å². The third kappa shape index (κ3) is 5.78. The van der Waals surface area contributed by atoms with Gasteiger partial charge >= 0.3 is 0 Å². The molecule has 0 atom stereocenters. The fraction of sp³-hybridized carbons (Fsp3) is 0.296. The van der Waals surface area contributed by atoms with Gasteiger partial charge in [0.25, 0.3) is 10.0 Å². The van der Waals surface area contributed by atoms with Crippen molar-refractivity contribution in [2.75, 3.05) is 22.8 Å². The number of sulfonamides is 1. The Morgan fingerprint density at radius 2 is 1.62 bits per heavy atom. The second-order valence-electron chi connectivity index (χ2n) is 8.49. The highest BCUT2D eigenvalue weighted by molar-refractivity contribution is 7.92. The largest absolute Gasteiger partial charge is 0.494 e. The Kier molecular flexibility index (Phi) is 7.99. The first-order chi connectivity index (χ1) is 16.1. The van der Waals surface area contributed by atoms with E-state index in [9.17, 15) is 13.2 Å². The van der Waals surface area contributed by atoms with E-state index in [0.29, 0.717) is 18.0 Å². The summed E-state index contributed by atoms with van der Waals surface area (Å²) in [6, 6.07) is 19.2. The number of hydrogen-bond acceptors (Lipinski definition) is 4. The molecule has 0 spiro atoms. The average Bonchev–Trinajstić information content (AvgIpc) is 2.80. The fourth-order valence-corrected chi connectivity index (χ4v) is 5.10. The van der Waals surface area contributed by atoms with Crippen LogP contribution in [0.15, 0.2) is 71.6 Å². The number of carbonyl (C=O) groups excluding carboxylic acids is 1. The molecule has 0 fully saturated rings. The topological polar surface area (TPSA) is 75.7 Å². The molecular weight excluding hydrogens is 448 g/mol. The number of para-hydroxylation sites is 1. The number of aryl methyl sites for hydroxylation is 2. The number of anilines is 2. The minimum Gasteiger partial charge on any atom is -0.494 e. The van der Waals surface area contributed by atoms with Gasteiger partial charge in [0.05, 0.1) is 17.2 Å². The average molecular weight is 481 g/mol. The van der Waals surface area contributed by atoms with E-state index in [1.54, 1.807) is 24.3 Å². The number of nitrogens with one attached hydrogen (secondary N) is 1. The van der Waals surface area contributed by atoms with Crippen molar-refractivity contribution in [3.05, 3.63) is 83.4 Å². The lowest BCUT2D eigenvalue weighted by molar-refractivity contribution is -0.114. The Labute approximate surface area is 202 Å². The van der Waals surface area contributed by atoms with Gasteiger partial charge in [0, 0.05) is 5.69 Å². The van der Waals surface area contributed by atoms with Crippen LogP contribution >= 0.6 is 0 Å². The predicted octanol–water partition coefficient (Wildman–Crippen LogP) is 5.66. The lowest BCUT2D eigenvalue weighted by Crippen LogP contribution is -2.38. The van der Waals surface area contributed by atoms with Crippen LogP contribution in [0.2, 0.25) is 0 Å². The van der Waals surface area contributed by atoms with E-state index in [1.165, 1.54) is 12.1 Å². The van der Waals surface area contributed by atoms with Crippen molar-refractivity contribution in [1.82, 2.24) is 0 Å². The number of nitrogens with zero attached hydrogens (tertiary/aromatic N) is 1. The zero-order valence-corrected chi connectivity index (χ0v) is 21.1. The SMILES string of the molecule is CCOc1ccc(S(=O)(=O)N(CC(=O)Nc2c(C)cccc2C(C)C)c2ccc(C)cc2)cc1. The maximum atomic E-state index is 13.6. The molecule has 6 nitrogen and oxygen atoms in total. The molecule has 3 aromatic carbocycles. The van der Waals surface area contributed by atoms with Crippen LogP contribution < -0.4 is 14.4 Å². The molecule has 0 saturated carbocycles. The Morgan fingerprint density at radius 3 is 2.21 bits per heavy atom. The van der Waals surface area contributed by atoms with Gasteiger partial charge in [0.15, 0.2) is 0 Å². The summed E-state index contributed by atoms with van der Waals surface area (Å²) in [5.74, 6) is 0.379. The van der Waals surface area contributed by atoms with Gasteiger partial charge in [-0.1, -0.05) is 49.7 Å². The highest BCUT2D eigenvalue weighted by Crippen LogP contribution is 2.29. The Bertz CT molecular complexity index is 1230. The van der Waals surface area contributed by atoms with E-state index in [1.807, 2.05) is 51.1 Å². The summed E-state index contributed by atoms with van der Waals surface area (Å²) in [4.78, 5) is 13.3. The van der Waals surface area contributed by atoms with Gasteiger partial charge < -0.3 is 10.1 Å². The summed E-state index contributed by atoms with van der Waals surface area (Å²) >= 11 is 0. The van der Waals surface area contributed by atoms with Crippen molar-refractivity contribution in [1.29, 1.82) is 0 Å². The van der Waals surface area contributed by atoms with Crippen molar-refractivity contribution in [2.45, 2.75) is 45.4 Å². The summed E-state index contributed by atoms with van der Waals surface area (Å²) in [6.07, 6.45) is 0. The quantitative estimate of drug-likeness (QED) is 0.429. The maximum Gasteiger partial charge on any atom is 0.264 e. The monoisotopic (exact) mass is 480 g/mol. The van der Waals surface area contributed by atoms with Gasteiger partial charge in [-0.25, -0.2) is 8.42 Å². The lowest BCUT2D eigenvalue weighted by atomic mass is 9.98. The maximum absolute atomic E-state index is 13.6. The van der Waals surface area contributed by atoms with E-state index in [4.69, 9.17) is 4.74 Å². The summed E-state index contributed by atoms with van der Waals surface area (Å²) < 4.78 is 33.8. The Morgan fingerprint density at radius 1 is 0.971 bits per heavy atom. The van der Waals surface area contributed by atoms with Crippen LogP contribution in [0, 0.1) is 13.8 Å². The molecule has 0 aliphatic carbocycles. The van der Waals surface area contributed by atoms with Crippen LogP contribution in [-0.4, -0.2) is 27.5 Å². The van der Waals surface area contributed by atoms with Crippen LogP contribution in [0.25, 0.3) is 0 Å². The molecule has 3 aromatic rings. The molecule has 0 bridgehead atoms. The third-order valence-corrected chi connectivity index (χ3v) is 7.31. The Balaban J connectivity index is 1.96. The number of benzene rings is 3. The molecule has 1 N–H and O–H groups in total. The van der Waals surface area contributed by atoms with Crippen LogP contribution in [0.1, 0.15) is 43.4 Å². The highest BCUT2D eigenvalue weighted by Gasteiger charge is 2.28. The molecule has 0 aliphatic rings. The predicted molar refractivity (Wildman–Crippen MR) is 137 cm³/mol. The molecule has 180 valence electrons. The molecule has 0 aliphatic heterocycles. The molecule has 1 amide bonds. The van der Waals surface area contributed by atoms with Crippen molar-refractivity contribution >= 4 is 27.3 Å². The first kappa shape index (κ1) is 25.3. The normalized spacial score (nSPS) is 11.4. The minimum atomic E-state index is -4.01. The number of amides is 1. The summed E-state index contributed by atoms with van der Waals surface area (Å²) in [5.41, 5.74) is 4.07. The zero-order chi connectivity index (χ0) is 24.9. The van der Waals surface area contributed by atoms with Crippen LogP contribution in [-0.2, 0) is 14.8 Å². The number of ether oxygens (including phenoxy) is 1. The fourth-order valence-electron chi connectivity index (χ4n) is 3.68. The van der Waals surface area contributed by atoms with Gasteiger partial charge in [-0.15, -0.1) is 0 Å². The van der Waals surface area contributed by atoms with E-state index >= 15 is 0 Å². The standard InChI is InChI=1S/C27H32N2O4S/c1-6-33-23-14-16-24(17-15-23)34(31,32)29(22-12-10-20(4)11-13-22)18-26(30)28-27-21(5)8-7-9-25(27)19(2)3/h7-17,19H,6,18H2,1-5H3,(H,28,30). The summed E-state index contributed by atoms with van der Waals surface area (Å²) in [5, 5.41) is 2.96. The van der Waals surface area contributed by atoms with Gasteiger partial charge in [0.2, 0.25) is 5.91 Å². The van der Waals surface area contributed by atoms with Gasteiger partial charge in [0.1, 0.15) is 12.3 Å². The smallest absolute Gasteiger partial charge is 0.264 e. The first-order valence-corrected chi connectivity index (χ1v) is 12.8. The number of carbonyl (C=O) groups is 1. The molecular formula is C27H32N2O4S.